The second-order valence-electron chi connectivity index (χ2n) is 4.66. The Balaban J connectivity index is 1.97. The molecule has 0 heterocycles. The van der Waals surface area contributed by atoms with Gasteiger partial charge in [-0.05, 0) is 65.2 Å². The van der Waals surface area contributed by atoms with Crippen LogP contribution in [0.2, 0.25) is 5.02 Å². The molecule has 21 heavy (non-hydrogen) atoms. The van der Waals surface area contributed by atoms with Crippen LogP contribution in [-0.2, 0) is 4.79 Å². The van der Waals surface area contributed by atoms with Gasteiger partial charge in [-0.1, -0.05) is 23.7 Å². The lowest BCUT2D eigenvalue weighted by Gasteiger charge is -2.11. The molecular weight excluding hydrogens is 354 g/mol. The molecule has 0 fully saturated rings. The van der Waals surface area contributed by atoms with Crippen LogP contribution in [-0.4, -0.2) is 12.5 Å². The molecule has 0 spiro atoms. The van der Waals surface area contributed by atoms with Gasteiger partial charge in [-0.2, -0.15) is 0 Å². The molecule has 0 radical (unpaired) electrons. The normalized spacial score (nSPS) is 10.3. The highest BCUT2D eigenvalue weighted by Crippen LogP contribution is 2.28. The fourth-order valence-corrected chi connectivity index (χ4v) is 2.61. The highest BCUT2D eigenvalue weighted by Gasteiger charge is 2.08. The lowest BCUT2D eigenvalue weighted by molar-refractivity contribution is -0.118. The van der Waals surface area contributed by atoms with Gasteiger partial charge in [0.2, 0.25) is 0 Å². The zero-order chi connectivity index (χ0) is 15.4. The van der Waals surface area contributed by atoms with Crippen LogP contribution in [0.1, 0.15) is 11.1 Å². The molecule has 0 bridgehead atoms. The molecule has 1 N–H and O–H groups in total. The van der Waals surface area contributed by atoms with Gasteiger partial charge in [-0.25, -0.2) is 0 Å². The molecule has 0 aliphatic heterocycles. The molecule has 1 amide bonds. The van der Waals surface area contributed by atoms with E-state index in [0.29, 0.717) is 10.8 Å². The van der Waals surface area contributed by atoms with Gasteiger partial charge in [0.05, 0.1) is 4.47 Å². The Morgan fingerprint density at radius 2 is 2.05 bits per heavy atom. The van der Waals surface area contributed by atoms with E-state index in [1.165, 1.54) is 0 Å². The van der Waals surface area contributed by atoms with E-state index in [2.05, 4.69) is 21.2 Å². The number of halogens is 2. The van der Waals surface area contributed by atoms with Crippen molar-refractivity contribution in [3.63, 3.8) is 0 Å². The fraction of sp³-hybridized carbons (Fsp3) is 0.188. The number of benzene rings is 2. The predicted octanol–water partition coefficient (Wildman–Crippen LogP) is 4.74. The van der Waals surface area contributed by atoms with Crippen LogP contribution < -0.4 is 10.1 Å². The number of rotatable bonds is 4. The highest BCUT2D eigenvalue weighted by molar-refractivity contribution is 9.10. The Morgan fingerprint density at radius 3 is 2.76 bits per heavy atom. The molecule has 0 saturated heterocycles. The summed E-state index contributed by atoms with van der Waals surface area (Å²) in [4.78, 5) is 12.0. The predicted molar refractivity (Wildman–Crippen MR) is 89.2 cm³/mol. The zero-order valence-electron chi connectivity index (χ0n) is 11.7. The van der Waals surface area contributed by atoms with Crippen LogP contribution >= 0.6 is 27.5 Å². The molecule has 2 aromatic carbocycles. The fourth-order valence-electron chi connectivity index (χ4n) is 1.81. The number of amides is 1. The van der Waals surface area contributed by atoms with Crippen molar-refractivity contribution >= 4 is 39.1 Å². The number of anilines is 1. The number of hydrogen-bond donors (Lipinski definition) is 1. The van der Waals surface area contributed by atoms with E-state index in [9.17, 15) is 4.79 Å². The Morgan fingerprint density at radius 1 is 1.29 bits per heavy atom. The summed E-state index contributed by atoms with van der Waals surface area (Å²) in [5, 5.41) is 3.45. The van der Waals surface area contributed by atoms with Crippen molar-refractivity contribution in [2.45, 2.75) is 13.8 Å². The van der Waals surface area contributed by atoms with E-state index in [1.54, 1.807) is 18.2 Å². The number of ether oxygens (including phenoxy) is 1. The van der Waals surface area contributed by atoms with Gasteiger partial charge in [-0.15, -0.1) is 0 Å². The van der Waals surface area contributed by atoms with Crippen molar-refractivity contribution in [2.75, 3.05) is 11.9 Å². The highest BCUT2D eigenvalue weighted by atomic mass is 79.9. The third kappa shape index (κ3) is 4.22. The maximum atomic E-state index is 12.0. The van der Waals surface area contributed by atoms with Crippen LogP contribution in [0.15, 0.2) is 40.9 Å². The number of carbonyl (C=O) groups is 1. The van der Waals surface area contributed by atoms with E-state index < -0.39 is 0 Å². The number of hydrogen-bond acceptors (Lipinski definition) is 2. The zero-order valence-corrected chi connectivity index (χ0v) is 14.1. The molecule has 0 aliphatic rings. The van der Waals surface area contributed by atoms with Crippen molar-refractivity contribution in [3.05, 3.63) is 57.0 Å². The maximum Gasteiger partial charge on any atom is 0.262 e. The van der Waals surface area contributed by atoms with Gasteiger partial charge in [0.1, 0.15) is 5.75 Å². The third-order valence-electron chi connectivity index (χ3n) is 3.13. The molecular formula is C16H15BrClNO2. The number of aryl methyl sites for hydroxylation is 1. The molecule has 0 saturated carbocycles. The van der Waals surface area contributed by atoms with Crippen LogP contribution in [0.4, 0.5) is 5.69 Å². The first-order chi connectivity index (χ1) is 9.97. The second kappa shape index (κ2) is 6.96. The molecule has 5 heteroatoms. The molecule has 3 nitrogen and oxygen atoms in total. The monoisotopic (exact) mass is 367 g/mol. The Kier molecular flexibility index (Phi) is 5.26. The van der Waals surface area contributed by atoms with E-state index in [1.807, 2.05) is 32.0 Å². The summed E-state index contributed by atoms with van der Waals surface area (Å²) in [5.41, 5.74) is 2.99. The largest absolute Gasteiger partial charge is 0.483 e. The molecule has 2 aromatic rings. The first kappa shape index (κ1) is 15.9. The first-order valence-electron chi connectivity index (χ1n) is 6.41. The van der Waals surface area contributed by atoms with E-state index in [0.717, 1.165) is 21.3 Å². The maximum absolute atomic E-state index is 12.0. The van der Waals surface area contributed by atoms with Crippen molar-refractivity contribution in [1.29, 1.82) is 0 Å². The minimum Gasteiger partial charge on any atom is -0.483 e. The van der Waals surface area contributed by atoms with Gasteiger partial charge in [0.25, 0.3) is 5.91 Å². The number of carbonyl (C=O) groups excluding carboxylic acids is 1. The van der Waals surface area contributed by atoms with Gasteiger partial charge in [0, 0.05) is 10.7 Å². The summed E-state index contributed by atoms with van der Waals surface area (Å²) >= 11 is 9.20. The molecule has 110 valence electrons. The summed E-state index contributed by atoms with van der Waals surface area (Å²) in [7, 11) is 0. The molecule has 0 aromatic heterocycles. The third-order valence-corrected chi connectivity index (χ3v) is 3.99. The minimum atomic E-state index is -0.203. The van der Waals surface area contributed by atoms with Crippen LogP contribution in [0, 0.1) is 13.8 Å². The van der Waals surface area contributed by atoms with Gasteiger partial charge < -0.3 is 10.1 Å². The van der Waals surface area contributed by atoms with Crippen LogP contribution in [0.5, 0.6) is 5.75 Å². The van der Waals surface area contributed by atoms with Crippen LogP contribution in [0.3, 0.4) is 0 Å². The van der Waals surface area contributed by atoms with Crippen molar-refractivity contribution in [2.24, 2.45) is 0 Å². The van der Waals surface area contributed by atoms with Crippen LogP contribution in [0.25, 0.3) is 0 Å². The molecule has 0 atom stereocenters. The SMILES string of the molecule is Cc1cccc(NC(=O)COc2ccc(Cl)cc2Br)c1C. The Labute approximate surface area is 137 Å². The minimum absolute atomic E-state index is 0.0619. The quantitative estimate of drug-likeness (QED) is 0.846. The van der Waals surface area contributed by atoms with Crippen molar-refractivity contribution < 1.29 is 9.53 Å². The lowest BCUT2D eigenvalue weighted by atomic mass is 10.1. The molecule has 0 aliphatic carbocycles. The number of nitrogens with one attached hydrogen (secondary N) is 1. The second-order valence-corrected chi connectivity index (χ2v) is 5.95. The summed E-state index contributed by atoms with van der Waals surface area (Å²) in [6, 6.07) is 10.9. The van der Waals surface area contributed by atoms with Crippen molar-refractivity contribution in [3.8, 4) is 5.75 Å². The summed E-state index contributed by atoms with van der Waals surface area (Å²) in [6.07, 6.45) is 0. The van der Waals surface area contributed by atoms with Gasteiger partial charge in [0.15, 0.2) is 6.61 Å². The van der Waals surface area contributed by atoms with E-state index in [4.69, 9.17) is 16.3 Å². The van der Waals surface area contributed by atoms with Crippen molar-refractivity contribution in [1.82, 2.24) is 0 Å². The average molecular weight is 369 g/mol. The average Bonchev–Trinajstić information content (AvgIpc) is 2.43. The Bertz CT molecular complexity index is 673. The summed E-state index contributed by atoms with van der Waals surface area (Å²) in [5.74, 6) is 0.376. The lowest BCUT2D eigenvalue weighted by Crippen LogP contribution is -2.20. The first-order valence-corrected chi connectivity index (χ1v) is 7.58. The van der Waals surface area contributed by atoms with Gasteiger partial charge in [-0.3, -0.25) is 4.79 Å². The van der Waals surface area contributed by atoms with E-state index in [-0.39, 0.29) is 12.5 Å². The molecule has 0 unspecified atom stereocenters. The standard InChI is InChI=1S/C16H15BrClNO2/c1-10-4-3-5-14(11(10)2)19-16(20)9-21-15-7-6-12(18)8-13(15)17/h3-8H,9H2,1-2H3,(H,19,20). The smallest absolute Gasteiger partial charge is 0.262 e. The van der Waals surface area contributed by atoms with E-state index >= 15 is 0 Å². The van der Waals surface area contributed by atoms with Gasteiger partial charge >= 0.3 is 0 Å². The summed E-state index contributed by atoms with van der Waals surface area (Å²) in [6.45, 7) is 3.92. The molecule has 2 rings (SSSR count). The summed E-state index contributed by atoms with van der Waals surface area (Å²) < 4.78 is 6.20. The topological polar surface area (TPSA) is 38.3 Å². The Hall–Kier alpha value is -1.52.